The van der Waals surface area contributed by atoms with Gasteiger partial charge >= 0.3 is 0 Å². The van der Waals surface area contributed by atoms with Crippen LogP contribution in [0.2, 0.25) is 0 Å². The standard InChI is InChI=1S/C26H26N6O3S/c1-18-16-21-20(25(33)27-13-15-36(2,34)35)10-6-11-22(21)32(18)26-29-24(23-12-7-14-31(23)30-26)28-17-19-8-4-3-5-9-19/h3-12,14,16H,13,15,17H2,1-2H3,(H,27,33)(H,28,29,30). The highest BCUT2D eigenvalue weighted by Crippen LogP contribution is 2.27. The van der Waals surface area contributed by atoms with Crippen molar-refractivity contribution in [2.24, 2.45) is 0 Å². The van der Waals surface area contributed by atoms with Crippen LogP contribution in [0.25, 0.3) is 22.4 Å². The molecule has 5 rings (SSSR count). The van der Waals surface area contributed by atoms with Crippen LogP contribution in [0.5, 0.6) is 0 Å². The molecule has 0 saturated carbocycles. The fourth-order valence-corrected chi connectivity index (χ4v) is 4.67. The molecule has 5 aromatic rings. The number of carbonyl (C=O) groups is 1. The van der Waals surface area contributed by atoms with Crippen LogP contribution < -0.4 is 10.6 Å². The molecule has 0 saturated heterocycles. The van der Waals surface area contributed by atoms with Crippen LogP contribution in [0.1, 0.15) is 21.6 Å². The van der Waals surface area contributed by atoms with Gasteiger partial charge < -0.3 is 10.6 Å². The summed E-state index contributed by atoms with van der Waals surface area (Å²) in [5.41, 5.74) is 4.10. The Hall–Kier alpha value is -4.18. The van der Waals surface area contributed by atoms with Gasteiger partial charge in [0.2, 0.25) is 0 Å². The molecule has 0 radical (unpaired) electrons. The highest BCUT2D eigenvalue weighted by Gasteiger charge is 2.18. The molecule has 9 nitrogen and oxygen atoms in total. The molecule has 184 valence electrons. The third-order valence-corrected chi connectivity index (χ3v) is 6.86. The Balaban J connectivity index is 1.52. The van der Waals surface area contributed by atoms with Crippen LogP contribution in [0, 0.1) is 6.92 Å². The minimum absolute atomic E-state index is 0.0532. The average Bonchev–Trinajstić information content (AvgIpc) is 3.45. The molecule has 1 amide bonds. The monoisotopic (exact) mass is 502 g/mol. The van der Waals surface area contributed by atoms with Crippen molar-refractivity contribution in [3.63, 3.8) is 0 Å². The minimum Gasteiger partial charge on any atom is -0.364 e. The van der Waals surface area contributed by atoms with Crippen molar-refractivity contribution < 1.29 is 13.2 Å². The maximum absolute atomic E-state index is 12.9. The Morgan fingerprint density at radius 2 is 1.78 bits per heavy atom. The number of nitrogens with one attached hydrogen (secondary N) is 2. The van der Waals surface area contributed by atoms with E-state index >= 15 is 0 Å². The SMILES string of the molecule is Cc1cc2c(C(=O)NCCS(C)(=O)=O)cccc2n1-c1nc(NCc2ccccc2)c2cccn2n1. The van der Waals surface area contributed by atoms with Gasteiger partial charge in [-0.05, 0) is 42.8 Å². The number of aromatic nitrogens is 4. The highest BCUT2D eigenvalue weighted by molar-refractivity contribution is 7.90. The lowest BCUT2D eigenvalue weighted by Crippen LogP contribution is -2.28. The second-order valence-electron chi connectivity index (χ2n) is 8.68. The molecule has 0 unspecified atom stereocenters. The van der Waals surface area contributed by atoms with Gasteiger partial charge in [0.25, 0.3) is 11.9 Å². The Morgan fingerprint density at radius 1 is 1.00 bits per heavy atom. The molecule has 0 aliphatic carbocycles. The highest BCUT2D eigenvalue weighted by atomic mass is 32.2. The van der Waals surface area contributed by atoms with E-state index in [4.69, 9.17) is 10.1 Å². The van der Waals surface area contributed by atoms with Gasteiger partial charge in [0, 0.05) is 42.2 Å². The summed E-state index contributed by atoms with van der Waals surface area (Å²) < 4.78 is 26.5. The van der Waals surface area contributed by atoms with Gasteiger partial charge in [-0.2, -0.15) is 4.98 Å². The zero-order valence-electron chi connectivity index (χ0n) is 20.0. The summed E-state index contributed by atoms with van der Waals surface area (Å²) in [4.78, 5) is 17.7. The van der Waals surface area contributed by atoms with Gasteiger partial charge in [0.1, 0.15) is 15.4 Å². The lowest BCUT2D eigenvalue weighted by molar-refractivity contribution is 0.0958. The first-order valence-corrected chi connectivity index (χ1v) is 13.6. The van der Waals surface area contributed by atoms with Gasteiger partial charge in [-0.15, -0.1) is 5.10 Å². The van der Waals surface area contributed by atoms with E-state index in [0.717, 1.165) is 33.9 Å². The normalized spacial score (nSPS) is 11.7. The summed E-state index contributed by atoms with van der Waals surface area (Å²) >= 11 is 0. The number of rotatable bonds is 8. The van der Waals surface area contributed by atoms with Gasteiger partial charge in [0.05, 0.1) is 11.3 Å². The van der Waals surface area contributed by atoms with E-state index in [1.807, 2.05) is 60.2 Å². The Kier molecular flexibility index (Phi) is 6.19. The molecular formula is C26H26N6O3S. The predicted molar refractivity (Wildman–Crippen MR) is 140 cm³/mol. The van der Waals surface area contributed by atoms with Crippen molar-refractivity contribution in [1.29, 1.82) is 0 Å². The third kappa shape index (κ3) is 4.80. The number of amides is 1. The van der Waals surface area contributed by atoms with E-state index in [2.05, 4.69) is 22.8 Å². The summed E-state index contributed by atoms with van der Waals surface area (Å²) in [5, 5.41) is 11.6. The Bertz CT molecular complexity index is 1670. The lowest BCUT2D eigenvalue weighted by Gasteiger charge is -2.12. The van der Waals surface area contributed by atoms with Crippen molar-refractivity contribution in [3.8, 4) is 5.95 Å². The van der Waals surface area contributed by atoms with Crippen molar-refractivity contribution in [1.82, 2.24) is 24.5 Å². The lowest BCUT2D eigenvalue weighted by atomic mass is 10.1. The maximum atomic E-state index is 12.9. The molecule has 0 spiro atoms. The van der Waals surface area contributed by atoms with E-state index < -0.39 is 9.84 Å². The molecule has 36 heavy (non-hydrogen) atoms. The number of nitrogens with zero attached hydrogens (tertiary/aromatic N) is 4. The minimum atomic E-state index is -3.17. The van der Waals surface area contributed by atoms with Crippen molar-refractivity contribution in [2.45, 2.75) is 13.5 Å². The molecule has 2 aromatic carbocycles. The third-order valence-electron chi connectivity index (χ3n) is 5.92. The number of aryl methyl sites for hydroxylation is 1. The molecule has 0 aliphatic heterocycles. The topological polar surface area (TPSA) is 110 Å². The summed E-state index contributed by atoms with van der Waals surface area (Å²) in [6, 6.07) is 21.3. The molecular weight excluding hydrogens is 476 g/mol. The van der Waals surface area contributed by atoms with Crippen molar-refractivity contribution in [2.75, 3.05) is 23.9 Å². The number of benzene rings is 2. The second kappa shape index (κ2) is 9.46. The Labute approximate surface area is 208 Å². The fraction of sp³-hybridized carbons (Fsp3) is 0.192. The number of sulfone groups is 1. The van der Waals surface area contributed by atoms with Crippen LogP contribution >= 0.6 is 0 Å². The zero-order chi connectivity index (χ0) is 25.3. The number of anilines is 1. The molecule has 0 atom stereocenters. The van der Waals surface area contributed by atoms with E-state index in [0.29, 0.717) is 23.9 Å². The number of hydrogen-bond donors (Lipinski definition) is 2. The fourth-order valence-electron chi connectivity index (χ4n) is 4.20. The Morgan fingerprint density at radius 3 is 2.56 bits per heavy atom. The van der Waals surface area contributed by atoms with Gasteiger partial charge in [-0.3, -0.25) is 9.36 Å². The summed E-state index contributed by atoms with van der Waals surface area (Å²) in [7, 11) is -3.17. The predicted octanol–water partition coefficient (Wildman–Crippen LogP) is 3.37. The first kappa shape index (κ1) is 23.6. The molecule has 3 heterocycles. The first-order chi connectivity index (χ1) is 17.3. The molecule has 0 aliphatic rings. The van der Waals surface area contributed by atoms with Crippen LogP contribution in [-0.2, 0) is 16.4 Å². The van der Waals surface area contributed by atoms with Crippen LogP contribution in [0.3, 0.4) is 0 Å². The van der Waals surface area contributed by atoms with Gasteiger partial charge in [-0.25, -0.2) is 12.9 Å². The zero-order valence-corrected chi connectivity index (χ0v) is 20.8. The van der Waals surface area contributed by atoms with Crippen LogP contribution in [0.15, 0.2) is 72.9 Å². The summed E-state index contributed by atoms with van der Waals surface area (Å²) in [6.07, 6.45) is 3.02. The maximum Gasteiger partial charge on any atom is 0.254 e. The van der Waals surface area contributed by atoms with Gasteiger partial charge in [0.15, 0.2) is 5.82 Å². The molecule has 2 N–H and O–H groups in total. The number of carbonyl (C=O) groups excluding carboxylic acids is 1. The second-order valence-corrected chi connectivity index (χ2v) is 10.9. The molecule has 0 fully saturated rings. The molecule has 0 bridgehead atoms. The largest absolute Gasteiger partial charge is 0.364 e. The van der Waals surface area contributed by atoms with E-state index in [1.165, 1.54) is 0 Å². The van der Waals surface area contributed by atoms with E-state index in [9.17, 15) is 13.2 Å². The van der Waals surface area contributed by atoms with Crippen molar-refractivity contribution in [3.05, 3.63) is 89.7 Å². The smallest absolute Gasteiger partial charge is 0.254 e. The van der Waals surface area contributed by atoms with Gasteiger partial charge in [-0.1, -0.05) is 36.4 Å². The van der Waals surface area contributed by atoms with Crippen LogP contribution in [0.4, 0.5) is 5.82 Å². The molecule has 3 aromatic heterocycles. The average molecular weight is 503 g/mol. The number of hydrogen-bond acceptors (Lipinski definition) is 6. The van der Waals surface area contributed by atoms with Crippen molar-refractivity contribution >= 4 is 38.0 Å². The summed E-state index contributed by atoms with van der Waals surface area (Å²) in [5.74, 6) is 0.729. The van der Waals surface area contributed by atoms with E-state index in [-0.39, 0.29) is 18.2 Å². The van der Waals surface area contributed by atoms with E-state index in [1.54, 1.807) is 16.6 Å². The molecule has 10 heteroatoms. The quantitative estimate of drug-likeness (QED) is 0.337. The first-order valence-electron chi connectivity index (χ1n) is 11.5. The van der Waals surface area contributed by atoms with Crippen LogP contribution in [-0.4, -0.2) is 52.0 Å². The number of fused-ring (bicyclic) bond motifs is 2. The summed E-state index contributed by atoms with van der Waals surface area (Å²) in [6.45, 7) is 2.60.